The summed E-state index contributed by atoms with van der Waals surface area (Å²) in [7, 11) is 0. The molecule has 5 aromatic rings. The number of thiophene rings is 1. The summed E-state index contributed by atoms with van der Waals surface area (Å²) in [6, 6.07) is 18.6. The molecule has 4 heterocycles. The Morgan fingerprint density at radius 2 is 1.97 bits per heavy atom. The summed E-state index contributed by atoms with van der Waals surface area (Å²) in [5.41, 5.74) is 12.8. The molecule has 1 aliphatic heterocycles. The molecule has 0 amide bonds. The van der Waals surface area contributed by atoms with Crippen LogP contribution in [0.15, 0.2) is 77.7 Å². The van der Waals surface area contributed by atoms with E-state index in [-0.39, 0.29) is 17.7 Å². The minimum atomic E-state index is -0.115. The first kappa shape index (κ1) is 24.3. The third-order valence-electron chi connectivity index (χ3n) is 8.47. The number of rotatable bonds is 4. The first-order valence-electron chi connectivity index (χ1n) is 13.9. The van der Waals surface area contributed by atoms with Gasteiger partial charge in [-0.2, -0.15) is 0 Å². The number of para-hydroxylation sites is 1. The van der Waals surface area contributed by atoms with Crippen LogP contribution in [0.25, 0.3) is 38.6 Å². The van der Waals surface area contributed by atoms with E-state index in [0.29, 0.717) is 5.92 Å². The van der Waals surface area contributed by atoms with Crippen molar-refractivity contribution in [2.45, 2.75) is 51.0 Å². The minimum Gasteiger partial charge on any atom is -0.353 e. The van der Waals surface area contributed by atoms with Crippen molar-refractivity contribution in [3.05, 3.63) is 94.8 Å². The topological polar surface area (TPSA) is 76.7 Å². The Morgan fingerprint density at radius 1 is 1.13 bits per heavy atom. The Balaban J connectivity index is 1.20. The van der Waals surface area contributed by atoms with Crippen LogP contribution in [0.1, 0.15) is 72.9 Å². The number of hydrogen-bond donors (Lipinski definition) is 2. The molecule has 6 heteroatoms. The Hall–Kier alpha value is -3.74. The zero-order chi connectivity index (χ0) is 26.5. The first-order valence-corrected chi connectivity index (χ1v) is 14.8. The number of ketones is 1. The van der Waals surface area contributed by atoms with Crippen LogP contribution in [0.2, 0.25) is 0 Å². The molecule has 0 bridgehead atoms. The molecule has 7 rings (SSSR count). The van der Waals surface area contributed by atoms with Gasteiger partial charge in [0, 0.05) is 44.1 Å². The predicted molar refractivity (Wildman–Crippen MR) is 161 cm³/mol. The van der Waals surface area contributed by atoms with Crippen LogP contribution in [-0.4, -0.2) is 20.3 Å². The van der Waals surface area contributed by atoms with E-state index in [4.69, 9.17) is 10.7 Å². The molecular formula is C33H32N4OS. The molecule has 1 aliphatic carbocycles. The quantitative estimate of drug-likeness (QED) is 0.229. The highest BCUT2D eigenvalue weighted by Gasteiger charge is 2.31. The van der Waals surface area contributed by atoms with E-state index in [1.54, 1.807) is 11.3 Å². The maximum atomic E-state index is 13.5. The summed E-state index contributed by atoms with van der Waals surface area (Å²) in [5, 5.41) is 4.27. The minimum absolute atomic E-state index is 0.115. The van der Waals surface area contributed by atoms with Gasteiger partial charge in [0.1, 0.15) is 11.5 Å². The number of Topliss-reactive ketones (excluding diaryl/α,β-unsaturated/α-hetero) is 1. The third kappa shape index (κ3) is 4.19. The standard InChI is InChI=1S/C33H32N4OS/c1-20-16-17-37-31(29(20)34)30(27-18-23-8-2-4-14-26(23)35-27)36-33(37)22-11-6-9-21(10-7-12-22)32(38)25-19-39-28-15-5-3-13-24(25)28/h2-5,8-9,13-20,22,29,35H,6-7,10-12,34H2,1H3. The molecule has 3 aromatic heterocycles. The van der Waals surface area contributed by atoms with Gasteiger partial charge in [0.15, 0.2) is 5.78 Å². The van der Waals surface area contributed by atoms with Crippen molar-refractivity contribution < 1.29 is 4.79 Å². The van der Waals surface area contributed by atoms with Crippen molar-refractivity contribution in [3.63, 3.8) is 0 Å². The van der Waals surface area contributed by atoms with Crippen LogP contribution in [-0.2, 0) is 0 Å². The van der Waals surface area contributed by atoms with Gasteiger partial charge in [-0.1, -0.05) is 55.5 Å². The Morgan fingerprint density at radius 3 is 2.87 bits per heavy atom. The number of benzene rings is 2. The van der Waals surface area contributed by atoms with Gasteiger partial charge >= 0.3 is 0 Å². The molecule has 0 spiro atoms. The van der Waals surface area contributed by atoms with E-state index in [1.165, 1.54) is 10.1 Å². The van der Waals surface area contributed by atoms with Crippen molar-refractivity contribution in [3.8, 4) is 11.4 Å². The number of hydrogen-bond acceptors (Lipinski definition) is 4. The normalized spacial score (nSPS) is 21.5. The zero-order valence-electron chi connectivity index (χ0n) is 22.1. The van der Waals surface area contributed by atoms with Crippen LogP contribution >= 0.6 is 11.3 Å². The number of carbonyl (C=O) groups is 1. The molecule has 3 unspecified atom stereocenters. The second kappa shape index (κ2) is 9.78. The fourth-order valence-electron chi connectivity index (χ4n) is 6.25. The Kier molecular flexibility index (Phi) is 6.09. The molecule has 3 atom stereocenters. The monoisotopic (exact) mass is 532 g/mol. The van der Waals surface area contributed by atoms with Crippen LogP contribution in [0.5, 0.6) is 0 Å². The number of aromatic amines is 1. The van der Waals surface area contributed by atoms with Gasteiger partial charge < -0.3 is 15.3 Å². The van der Waals surface area contributed by atoms with Crippen molar-refractivity contribution >= 4 is 44.3 Å². The zero-order valence-corrected chi connectivity index (χ0v) is 22.9. The molecule has 0 saturated heterocycles. The van der Waals surface area contributed by atoms with E-state index in [1.807, 2.05) is 17.5 Å². The molecule has 2 aromatic carbocycles. The molecule has 5 nitrogen and oxygen atoms in total. The fraction of sp³-hybridized carbons (Fsp3) is 0.273. The van der Waals surface area contributed by atoms with Gasteiger partial charge in [-0.15, -0.1) is 11.3 Å². The highest BCUT2D eigenvalue weighted by molar-refractivity contribution is 7.17. The van der Waals surface area contributed by atoms with Gasteiger partial charge in [0.25, 0.3) is 0 Å². The van der Waals surface area contributed by atoms with Gasteiger partial charge in [-0.25, -0.2) is 4.98 Å². The number of carbonyl (C=O) groups excluding carboxylic acids is 1. The second-order valence-corrected chi connectivity index (χ2v) is 11.9. The average Bonchev–Trinajstić information content (AvgIpc) is 3.65. The number of imidazole rings is 1. The molecule has 2 aliphatic rings. The Bertz CT molecular complexity index is 1730. The van der Waals surface area contributed by atoms with Crippen molar-refractivity contribution in [2.24, 2.45) is 11.7 Å². The smallest absolute Gasteiger partial charge is 0.190 e. The van der Waals surface area contributed by atoms with Gasteiger partial charge in [0.05, 0.1) is 17.4 Å². The van der Waals surface area contributed by atoms with E-state index < -0.39 is 0 Å². The largest absolute Gasteiger partial charge is 0.353 e. The van der Waals surface area contributed by atoms with Crippen LogP contribution in [0, 0.1) is 5.92 Å². The number of aromatic nitrogens is 3. The molecule has 196 valence electrons. The number of fused-ring (bicyclic) bond motifs is 3. The highest BCUT2D eigenvalue weighted by Crippen LogP contribution is 2.40. The lowest BCUT2D eigenvalue weighted by Crippen LogP contribution is -2.24. The third-order valence-corrected chi connectivity index (χ3v) is 9.43. The van der Waals surface area contributed by atoms with Crippen molar-refractivity contribution in [2.75, 3.05) is 0 Å². The number of allylic oxidation sites excluding steroid dienone is 2. The van der Waals surface area contributed by atoms with E-state index >= 15 is 0 Å². The molecule has 0 fully saturated rings. The number of nitrogens with one attached hydrogen (secondary N) is 1. The van der Waals surface area contributed by atoms with E-state index in [2.05, 4.69) is 77.3 Å². The summed E-state index contributed by atoms with van der Waals surface area (Å²) in [6.07, 6.45) is 11.1. The lowest BCUT2D eigenvalue weighted by Gasteiger charge is -2.26. The Labute approximate surface area is 232 Å². The number of nitrogens with zero attached hydrogens (tertiary/aromatic N) is 2. The van der Waals surface area contributed by atoms with Gasteiger partial charge in [0.2, 0.25) is 0 Å². The van der Waals surface area contributed by atoms with Crippen molar-refractivity contribution in [1.82, 2.24) is 14.5 Å². The van der Waals surface area contributed by atoms with Gasteiger partial charge in [-0.3, -0.25) is 4.79 Å². The van der Waals surface area contributed by atoms with Crippen LogP contribution in [0.4, 0.5) is 0 Å². The maximum Gasteiger partial charge on any atom is 0.190 e. The fourth-order valence-corrected chi connectivity index (χ4v) is 7.19. The summed E-state index contributed by atoms with van der Waals surface area (Å²) < 4.78 is 3.42. The summed E-state index contributed by atoms with van der Waals surface area (Å²) in [4.78, 5) is 22.3. The summed E-state index contributed by atoms with van der Waals surface area (Å²) >= 11 is 1.65. The molecular weight excluding hydrogens is 500 g/mol. The van der Waals surface area contributed by atoms with Gasteiger partial charge in [-0.05, 0) is 61.8 Å². The van der Waals surface area contributed by atoms with E-state index in [9.17, 15) is 4.79 Å². The first-order chi connectivity index (χ1) is 19.1. The average molecular weight is 533 g/mol. The van der Waals surface area contributed by atoms with E-state index in [0.717, 1.165) is 77.0 Å². The lowest BCUT2D eigenvalue weighted by atomic mass is 9.88. The number of nitrogens with two attached hydrogens (primary N) is 1. The number of H-pyrrole nitrogens is 1. The van der Waals surface area contributed by atoms with Crippen molar-refractivity contribution in [1.29, 1.82) is 0 Å². The highest BCUT2D eigenvalue weighted by atomic mass is 32.1. The lowest BCUT2D eigenvalue weighted by molar-refractivity contribution is 0.103. The molecule has 39 heavy (non-hydrogen) atoms. The SMILES string of the molecule is CC1C=Cn2c(C3CCC=C(C(=O)c4csc5ccccc45)CCC3)nc(-c3cc4ccccc4[nH]3)c2C1N. The van der Waals surface area contributed by atoms with Crippen LogP contribution < -0.4 is 5.73 Å². The molecule has 0 radical (unpaired) electrons. The summed E-state index contributed by atoms with van der Waals surface area (Å²) in [5.74, 6) is 1.83. The second-order valence-electron chi connectivity index (χ2n) is 10.9. The van der Waals surface area contributed by atoms with Crippen LogP contribution in [0.3, 0.4) is 0 Å². The predicted octanol–water partition coefficient (Wildman–Crippen LogP) is 8.22. The molecule has 0 saturated carbocycles. The molecule has 3 N–H and O–H groups in total. The maximum absolute atomic E-state index is 13.5. The summed E-state index contributed by atoms with van der Waals surface area (Å²) in [6.45, 7) is 2.17.